The van der Waals surface area contributed by atoms with Crippen LogP contribution in [0.5, 0.6) is 0 Å². The molecule has 0 saturated carbocycles. The highest BCUT2D eigenvalue weighted by molar-refractivity contribution is 4.91. The molecule has 1 aliphatic rings. The lowest BCUT2D eigenvalue weighted by molar-refractivity contribution is 0.0922. The first kappa shape index (κ1) is 9.01. The van der Waals surface area contributed by atoms with Crippen molar-refractivity contribution in [1.29, 1.82) is 0 Å². The standard InChI is InChI=1S/C9H18O2/c1-4-5-7-9(11-7)8(10)6(2)3/h6-10H,4-5H2,1-3H3/t7-,8+,9+/m1/s1. The van der Waals surface area contributed by atoms with E-state index in [2.05, 4.69) is 6.92 Å². The molecule has 0 amide bonds. The summed E-state index contributed by atoms with van der Waals surface area (Å²) in [6, 6.07) is 0. The predicted octanol–water partition coefficient (Wildman–Crippen LogP) is 1.57. The molecule has 1 N–H and O–H groups in total. The van der Waals surface area contributed by atoms with Gasteiger partial charge in [0.05, 0.1) is 12.2 Å². The van der Waals surface area contributed by atoms with Gasteiger partial charge in [0.1, 0.15) is 6.10 Å². The van der Waals surface area contributed by atoms with Crippen molar-refractivity contribution in [1.82, 2.24) is 0 Å². The smallest absolute Gasteiger partial charge is 0.110 e. The Labute approximate surface area is 68.6 Å². The van der Waals surface area contributed by atoms with Crippen molar-refractivity contribution in [2.75, 3.05) is 0 Å². The van der Waals surface area contributed by atoms with Gasteiger partial charge in [-0.1, -0.05) is 27.2 Å². The molecule has 2 nitrogen and oxygen atoms in total. The maximum atomic E-state index is 9.54. The van der Waals surface area contributed by atoms with Crippen LogP contribution < -0.4 is 0 Å². The third-order valence-electron chi connectivity index (χ3n) is 2.21. The molecular weight excluding hydrogens is 140 g/mol. The first-order valence-corrected chi connectivity index (χ1v) is 4.50. The van der Waals surface area contributed by atoms with Crippen molar-refractivity contribution in [3.8, 4) is 0 Å². The van der Waals surface area contributed by atoms with Crippen LogP contribution in [0.15, 0.2) is 0 Å². The third-order valence-corrected chi connectivity index (χ3v) is 2.21. The maximum absolute atomic E-state index is 9.54. The van der Waals surface area contributed by atoms with E-state index in [1.54, 1.807) is 0 Å². The molecule has 0 unspecified atom stereocenters. The molecule has 0 aromatic rings. The minimum atomic E-state index is -0.258. The summed E-state index contributed by atoms with van der Waals surface area (Å²) in [6.07, 6.45) is 2.46. The second kappa shape index (κ2) is 3.55. The van der Waals surface area contributed by atoms with E-state index in [-0.39, 0.29) is 12.2 Å². The highest BCUT2D eigenvalue weighted by Crippen LogP contribution is 2.31. The Morgan fingerprint density at radius 2 is 2.09 bits per heavy atom. The van der Waals surface area contributed by atoms with Gasteiger partial charge in [-0.25, -0.2) is 0 Å². The van der Waals surface area contributed by atoms with Crippen molar-refractivity contribution < 1.29 is 9.84 Å². The van der Waals surface area contributed by atoms with Gasteiger partial charge in [0.25, 0.3) is 0 Å². The van der Waals surface area contributed by atoms with Gasteiger partial charge in [0, 0.05) is 0 Å². The largest absolute Gasteiger partial charge is 0.390 e. The summed E-state index contributed by atoms with van der Waals surface area (Å²) in [6.45, 7) is 6.19. The molecule has 0 bridgehead atoms. The fourth-order valence-electron chi connectivity index (χ4n) is 1.35. The van der Waals surface area contributed by atoms with E-state index in [9.17, 15) is 5.11 Å². The fourth-order valence-corrected chi connectivity index (χ4v) is 1.35. The molecule has 0 spiro atoms. The SMILES string of the molecule is CCC[C@H]1O[C@@H]1[C@@H](O)C(C)C. The number of rotatable bonds is 4. The summed E-state index contributed by atoms with van der Waals surface area (Å²) < 4.78 is 5.33. The Morgan fingerprint density at radius 1 is 1.45 bits per heavy atom. The van der Waals surface area contributed by atoms with Crippen LogP contribution in [-0.2, 0) is 4.74 Å². The Hall–Kier alpha value is -0.0800. The first-order valence-electron chi connectivity index (χ1n) is 4.50. The lowest BCUT2D eigenvalue weighted by Crippen LogP contribution is -2.23. The van der Waals surface area contributed by atoms with E-state index in [1.165, 1.54) is 0 Å². The average molecular weight is 158 g/mol. The topological polar surface area (TPSA) is 32.8 Å². The maximum Gasteiger partial charge on any atom is 0.110 e. The van der Waals surface area contributed by atoms with Gasteiger partial charge in [0.15, 0.2) is 0 Å². The molecule has 3 atom stereocenters. The summed E-state index contributed by atoms with van der Waals surface area (Å²) >= 11 is 0. The summed E-state index contributed by atoms with van der Waals surface area (Å²) in [4.78, 5) is 0. The van der Waals surface area contributed by atoms with Crippen LogP contribution in [0.2, 0.25) is 0 Å². The summed E-state index contributed by atoms with van der Waals surface area (Å²) in [7, 11) is 0. The molecule has 0 aliphatic carbocycles. The van der Waals surface area contributed by atoms with Gasteiger partial charge < -0.3 is 9.84 Å². The zero-order valence-electron chi connectivity index (χ0n) is 7.58. The van der Waals surface area contributed by atoms with Gasteiger partial charge in [-0.05, 0) is 12.3 Å². The number of hydrogen-bond acceptors (Lipinski definition) is 2. The average Bonchev–Trinajstić information content (AvgIpc) is 2.67. The molecule has 0 aromatic carbocycles. The molecule has 11 heavy (non-hydrogen) atoms. The normalized spacial score (nSPS) is 32.5. The Balaban J connectivity index is 2.20. The van der Waals surface area contributed by atoms with Gasteiger partial charge in [0.2, 0.25) is 0 Å². The number of hydrogen-bond donors (Lipinski definition) is 1. The zero-order valence-corrected chi connectivity index (χ0v) is 7.58. The van der Waals surface area contributed by atoms with E-state index in [0.717, 1.165) is 12.8 Å². The van der Waals surface area contributed by atoms with E-state index < -0.39 is 0 Å². The van der Waals surface area contributed by atoms with Crippen LogP contribution in [0, 0.1) is 5.92 Å². The minimum Gasteiger partial charge on any atom is -0.390 e. The van der Waals surface area contributed by atoms with Crippen LogP contribution >= 0.6 is 0 Å². The summed E-state index contributed by atoms with van der Waals surface area (Å²) in [5.74, 6) is 0.321. The molecule has 66 valence electrons. The van der Waals surface area contributed by atoms with Crippen molar-refractivity contribution in [2.24, 2.45) is 5.92 Å². The zero-order chi connectivity index (χ0) is 8.43. The van der Waals surface area contributed by atoms with Crippen LogP contribution in [-0.4, -0.2) is 23.4 Å². The van der Waals surface area contributed by atoms with E-state index in [1.807, 2.05) is 13.8 Å². The van der Waals surface area contributed by atoms with Crippen molar-refractivity contribution in [2.45, 2.75) is 51.9 Å². The van der Waals surface area contributed by atoms with Crippen molar-refractivity contribution in [3.05, 3.63) is 0 Å². The lowest BCUT2D eigenvalue weighted by Gasteiger charge is -2.10. The van der Waals surface area contributed by atoms with E-state index in [0.29, 0.717) is 12.0 Å². The minimum absolute atomic E-state index is 0.134. The molecule has 1 heterocycles. The highest BCUT2D eigenvalue weighted by Gasteiger charge is 2.44. The molecule has 0 aromatic heterocycles. The lowest BCUT2D eigenvalue weighted by atomic mass is 10.0. The second-order valence-corrected chi connectivity index (χ2v) is 3.66. The quantitative estimate of drug-likeness (QED) is 0.630. The van der Waals surface area contributed by atoms with Crippen molar-refractivity contribution in [3.63, 3.8) is 0 Å². The number of aliphatic hydroxyl groups excluding tert-OH is 1. The second-order valence-electron chi connectivity index (χ2n) is 3.66. The molecule has 1 rings (SSSR count). The molecule has 1 aliphatic heterocycles. The van der Waals surface area contributed by atoms with Gasteiger partial charge >= 0.3 is 0 Å². The van der Waals surface area contributed by atoms with Crippen LogP contribution in [0.3, 0.4) is 0 Å². The van der Waals surface area contributed by atoms with Crippen LogP contribution in [0.4, 0.5) is 0 Å². The Morgan fingerprint density at radius 3 is 2.55 bits per heavy atom. The highest BCUT2D eigenvalue weighted by atomic mass is 16.6. The number of aliphatic hydroxyl groups is 1. The van der Waals surface area contributed by atoms with Crippen LogP contribution in [0.1, 0.15) is 33.6 Å². The summed E-state index contributed by atoms with van der Waals surface area (Å²) in [5, 5.41) is 9.54. The number of ether oxygens (including phenoxy) is 1. The Bertz CT molecular complexity index is 123. The fraction of sp³-hybridized carbons (Fsp3) is 1.00. The molecule has 1 fully saturated rings. The monoisotopic (exact) mass is 158 g/mol. The van der Waals surface area contributed by atoms with Gasteiger partial charge in [-0.15, -0.1) is 0 Å². The van der Waals surface area contributed by atoms with Crippen LogP contribution in [0.25, 0.3) is 0 Å². The number of epoxide rings is 1. The van der Waals surface area contributed by atoms with Gasteiger partial charge in [-0.2, -0.15) is 0 Å². The van der Waals surface area contributed by atoms with Gasteiger partial charge in [-0.3, -0.25) is 0 Å². The molecule has 0 radical (unpaired) electrons. The predicted molar refractivity (Wildman–Crippen MR) is 44.4 cm³/mol. The van der Waals surface area contributed by atoms with E-state index in [4.69, 9.17) is 4.74 Å². The third kappa shape index (κ3) is 2.17. The summed E-state index contributed by atoms with van der Waals surface area (Å²) in [5.41, 5.74) is 0. The first-order chi connectivity index (χ1) is 5.16. The molecular formula is C9H18O2. The molecule has 2 heteroatoms. The van der Waals surface area contributed by atoms with E-state index >= 15 is 0 Å². The molecule has 1 saturated heterocycles. The Kier molecular flexibility index (Phi) is 2.90. The van der Waals surface area contributed by atoms with Crippen molar-refractivity contribution >= 4 is 0 Å².